The monoisotopic (exact) mass is 1370 g/mol. The molecule has 30 nitrogen and oxygen atoms in total. The highest BCUT2D eigenvalue weighted by Crippen LogP contribution is 2.51. The number of rotatable bonds is 10. The molecule has 3 N–H and O–H groups in total. The second-order valence-electron chi connectivity index (χ2n) is 22.0. The molecule has 5 aromatic carbocycles. The minimum atomic E-state index is -5.33. The lowest BCUT2D eigenvalue weighted by atomic mass is 9.69. The van der Waals surface area contributed by atoms with Crippen molar-refractivity contribution in [1.82, 2.24) is 10.1 Å². The highest BCUT2D eigenvalue weighted by molar-refractivity contribution is 7.86. The maximum Gasteiger partial charge on any atom is 0.330 e. The lowest BCUT2D eigenvalue weighted by molar-refractivity contribution is -0.256. The maximum absolute atomic E-state index is 12.8. The van der Waals surface area contributed by atoms with Crippen LogP contribution in [0.15, 0.2) is 115 Å². The van der Waals surface area contributed by atoms with E-state index in [1.165, 1.54) is 72.8 Å². The van der Waals surface area contributed by atoms with E-state index in [1.54, 1.807) is 6.07 Å². The molecule has 494 valence electrons. The Balaban J connectivity index is 0.000000184. The Hall–Kier alpha value is -10.1. The molecular weight excluding hydrogens is 1320 g/mol. The number of nitrogens with one attached hydrogen (secondary N) is 1. The first-order valence-corrected chi connectivity index (χ1v) is 32.8. The average molecular weight is 1370 g/mol. The number of nitrogens with two attached hydrogens (primary N) is 1. The van der Waals surface area contributed by atoms with E-state index < -0.39 is 147 Å². The molecule has 2 saturated heterocycles. The molecule has 94 heavy (non-hydrogen) atoms. The van der Waals surface area contributed by atoms with Crippen LogP contribution in [0.3, 0.4) is 0 Å². The number of hydrogen-bond acceptors (Lipinski definition) is 28. The fourth-order valence-electron chi connectivity index (χ4n) is 11.2. The molecule has 11 rings (SSSR count). The summed E-state index contributed by atoms with van der Waals surface area (Å²) in [4.78, 5) is 92.5. The number of carboxylic acid groups (broad SMARTS) is 2. The van der Waals surface area contributed by atoms with Gasteiger partial charge in [0.15, 0.2) is 22.8 Å². The summed E-state index contributed by atoms with van der Waals surface area (Å²) < 4.78 is 159. The van der Waals surface area contributed by atoms with Crippen molar-refractivity contribution in [3.8, 4) is 33.9 Å². The molecule has 1 atom stereocenters. The van der Waals surface area contributed by atoms with Gasteiger partial charge >= 0.3 is 11.9 Å². The summed E-state index contributed by atoms with van der Waals surface area (Å²) in [6, 6.07) is 20.0. The quantitative estimate of drug-likeness (QED) is 0.0844. The highest BCUT2D eigenvalue weighted by atomic mass is 32.2. The van der Waals surface area contributed by atoms with Crippen LogP contribution in [-0.4, -0.2) is 110 Å². The van der Waals surface area contributed by atoms with Crippen LogP contribution >= 0.6 is 0 Å². The van der Waals surface area contributed by atoms with Crippen molar-refractivity contribution in [1.29, 1.82) is 5.41 Å². The molecule has 6 aliphatic rings. The topological polar surface area (TPSA) is 509 Å². The van der Waals surface area contributed by atoms with E-state index in [4.69, 9.17) is 20.3 Å². The van der Waals surface area contributed by atoms with Gasteiger partial charge in [-0.3, -0.25) is 24.6 Å². The van der Waals surface area contributed by atoms with Crippen LogP contribution in [0.1, 0.15) is 116 Å². The van der Waals surface area contributed by atoms with Gasteiger partial charge in [-0.15, -0.1) is 10.1 Å². The summed E-state index contributed by atoms with van der Waals surface area (Å²) in [7, 11) is -21.0. The Kier molecular flexibility index (Phi) is 19.2. The minimum Gasteiger partial charge on any atom is -0.744 e. The summed E-state index contributed by atoms with van der Waals surface area (Å²) in [5.74, 6) is -8.37. The van der Waals surface area contributed by atoms with E-state index in [2.05, 4.69) is 16.3 Å². The minimum absolute atomic E-state index is 0.00613. The number of carbonyl (C=O) groups is 8. The fraction of sp³-hybridized carbons (Fsp3) is 0.217. The third-order valence-corrected chi connectivity index (χ3v) is 18.3. The van der Waals surface area contributed by atoms with Crippen molar-refractivity contribution in [2.24, 2.45) is 5.41 Å². The number of imide groups is 2. The molecule has 34 heteroatoms. The summed E-state index contributed by atoms with van der Waals surface area (Å²) in [6.45, 7) is 11.5. The van der Waals surface area contributed by atoms with Gasteiger partial charge in [-0.05, 0) is 88.0 Å². The van der Waals surface area contributed by atoms with Gasteiger partial charge in [0.05, 0.1) is 23.0 Å². The van der Waals surface area contributed by atoms with E-state index >= 15 is 0 Å². The number of benzene rings is 6. The number of carboxylic acids is 2. The van der Waals surface area contributed by atoms with Gasteiger partial charge in [-0.25, -0.2) is 43.3 Å². The van der Waals surface area contributed by atoms with Crippen LogP contribution in [0.25, 0.3) is 45.6 Å². The second-order valence-corrected chi connectivity index (χ2v) is 27.2. The smallest absolute Gasteiger partial charge is 0.330 e. The van der Waals surface area contributed by atoms with Gasteiger partial charge in [-0.2, -0.15) is 0 Å². The van der Waals surface area contributed by atoms with Crippen molar-refractivity contribution in [2.75, 3.05) is 5.73 Å². The van der Waals surface area contributed by atoms with Crippen molar-refractivity contribution < 1.29 is 119 Å². The third kappa shape index (κ3) is 14.1. The summed E-state index contributed by atoms with van der Waals surface area (Å²) >= 11 is 0. The third-order valence-electron chi connectivity index (χ3n) is 14.6. The zero-order valence-corrected chi connectivity index (χ0v) is 52.7. The summed E-state index contributed by atoms with van der Waals surface area (Å²) in [6.07, 6.45) is 1.39. The van der Waals surface area contributed by atoms with Crippen LogP contribution in [0.4, 0.5) is 5.69 Å². The van der Waals surface area contributed by atoms with Crippen molar-refractivity contribution in [3.05, 3.63) is 140 Å². The molecule has 4 amide bonds. The Morgan fingerprint density at radius 2 is 1.09 bits per heavy atom. The van der Waals surface area contributed by atoms with Crippen LogP contribution in [-0.2, 0) is 85.3 Å². The lowest BCUT2D eigenvalue weighted by Crippen LogP contribution is -2.30. The number of ether oxygens (including phenoxy) is 1. The molecule has 4 heterocycles. The summed E-state index contributed by atoms with van der Waals surface area (Å²) in [5.41, 5.74) is 4.38. The molecule has 1 unspecified atom stereocenters. The van der Waals surface area contributed by atoms with Crippen LogP contribution in [0.2, 0.25) is 0 Å². The Labute approximate surface area is 532 Å². The molecule has 0 bridgehead atoms. The van der Waals surface area contributed by atoms with E-state index in [1.807, 2.05) is 20.8 Å². The van der Waals surface area contributed by atoms with Crippen LogP contribution in [0, 0.1) is 10.8 Å². The Morgan fingerprint density at radius 1 is 0.617 bits per heavy atom. The zero-order chi connectivity index (χ0) is 69.8. The molecule has 4 aliphatic heterocycles. The van der Waals surface area contributed by atoms with Crippen molar-refractivity contribution in [2.45, 2.75) is 98.6 Å². The molecule has 0 aromatic heterocycles. The molecule has 2 fully saturated rings. The standard InChI is InChI=1S/C27H25NO9S2.C21H15NO9S2.2C6H7NO4/c1-13-11-27(2,3)12-19-17(13)10-18-21(14-6-4-5-7-15(14)26(29)30)16-8-9-20(28)25(39(34,35)36)22(16)37-23(18)24(19)38(31,32)33;1-10-6-7-13-16(11-4-2-3-5-12(11)21(23)24)14-8-9-15(22)20(33(28,29)30)18(14)31-17(13)19(10)32(25,26)27;2*1-4(8)11-7-5(9)2-3-6(7)10/h4-10,13,28H,11-12H2,1-3H3,(H,29,30)(H,31,32,33)(H,34,35,36);2-9H,1,22H2,(H,23,24)(H,25,26,27)(H,28,29,30);2*2-3H2,1H3/p-6. The van der Waals surface area contributed by atoms with Gasteiger partial charge in [0.25, 0.3) is 23.6 Å². The van der Waals surface area contributed by atoms with Gasteiger partial charge in [0.1, 0.15) is 60.1 Å². The first kappa shape index (κ1) is 69.8. The molecule has 0 saturated carbocycles. The number of carbonyl (C=O) groups excluding carboxylic acids is 8. The average Bonchev–Trinajstić information content (AvgIpc) is 0.817. The first-order valence-electron chi connectivity index (χ1n) is 27.2. The molecule has 5 aromatic rings. The van der Waals surface area contributed by atoms with E-state index in [9.17, 15) is 100 Å². The summed E-state index contributed by atoms with van der Waals surface area (Å²) in [5, 5.41) is 32.0. The lowest BCUT2D eigenvalue weighted by Gasteiger charge is -2.37. The maximum atomic E-state index is 12.8. The number of nitrogen functional groups attached to an aromatic ring is 1. The van der Waals surface area contributed by atoms with E-state index in [0.29, 0.717) is 22.1 Å². The predicted molar refractivity (Wildman–Crippen MR) is 311 cm³/mol. The predicted octanol–water partition coefficient (Wildman–Crippen LogP) is 1.36. The van der Waals surface area contributed by atoms with Gasteiger partial charge < -0.3 is 62.6 Å². The van der Waals surface area contributed by atoms with Crippen LogP contribution < -0.4 is 36.5 Å². The molecule has 0 radical (unpaired) electrons. The van der Waals surface area contributed by atoms with Crippen molar-refractivity contribution in [3.63, 3.8) is 0 Å². The van der Waals surface area contributed by atoms with Crippen LogP contribution in [0.5, 0.6) is 11.5 Å². The van der Waals surface area contributed by atoms with E-state index in [0.717, 1.165) is 26.0 Å². The number of fused-ring (bicyclic) bond motifs is 5. The zero-order valence-electron chi connectivity index (χ0n) is 49.4. The molecule has 0 spiro atoms. The van der Waals surface area contributed by atoms with E-state index in [-0.39, 0.29) is 104 Å². The molecular formula is C60H48N4O26S4-6. The fourth-order valence-corrected chi connectivity index (χ4v) is 14.3. The number of nitrogens with zero attached hydrogens (tertiary/aromatic N) is 2. The number of aromatic carboxylic acids is 2. The van der Waals surface area contributed by atoms with Gasteiger partial charge in [0.2, 0.25) is 0 Å². The van der Waals surface area contributed by atoms with Crippen molar-refractivity contribution >= 4 is 117 Å². The SMILES string of the molecule is C=c1ccc2c(c1S(=O)(=O)[O-])Oc1c(ccc(N)c1S(=O)(=O)[O-])C=2c1ccccc1C(=O)[O-].CC(=O)ON1C(=O)CCC1=O.CC(=O)ON1C(=O)CCC1=O.CC1CC(C)(C)Cc2c1cc1c(-c3ccccc3C(=O)[O-])c3ccc(=N)c(S(=O)(=O)[O-])c-3oc1c2S(=O)(=O)[O-]. The number of amides is 4. The highest BCUT2D eigenvalue weighted by Gasteiger charge is 2.38. The van der Waals surface area contributed by atoms with Gasteiger partial charge in [-0.1, -0.05) is 81.9 Å². The number of hydroxylamine groups is 4. The second kappa shape index (κ2) is 25.8. The normalized spacial score (nSPS) is 15.8. The Bertz CT molecular complexity index is 5040. The van der Waals surface area contributed by atoms with Gasteiger partial charge in [0, 0.05) is 83.5 Å². The largest absolute Gasteiger partial charge is 0.744 e. The number of hydrogen-bond donors (Lipinski definition) is 2. The number of anilines is 1. The Morgan fingerprint density at radius 3 is 1.56 bits per heavy atom. The first-order chi connectivity index (χ1) is 43.5. The molecule has 2 aliphatic carbocycles.